The molecule has 0 aliphatic rings. The van der Waals surface area contributed by atoms with Gasteiger partial charge in [0.2, 0.25) is 15.9 Å². The maximum atomic E-state index is 12.7. The quantitative estimate of drug-likeness (QED) is 0.579. The van der Waals surface area contributed by atoms with E-state index in [0.29, 0.717) is 11.4 Å². The Morgan fingerprint density at radius 1 is 1.16 bits per heavy atom. The van der Waals surface area contributed by atoms with Crippen molar-refractivity contribution in [1.82, 2.24) is 14.9 Å². The number of imidazole rings is 1. The smallest absolute Gasteiger partial charge is 0.243 e. The molecule has 8 nitrogen and oxygen atoms in total. The van der Waals surface area contributed by atoms with E-state index in [2.05, 4.69) is 10.3 Å². The highest BCUT2D eigenvalue weighted by Crippen LogP contribution is 2.24. The van der Waals surface area contributed by atoms with Crippen LogP contribution in [0, 0.1) is 6.92 Å². The van der Waals surface area contributed by atoms with Crippen molar-refractivity contribution >= 4 is 21.6 Å². The summed E-state index contributed by atoms with van der Waals surface area (Å²) in [4.78, 5) is 17.0. The molecule has 3 aromatic rings. The number of hydrogen-bond acceptors (Lipinski definition) is 5. The molecular weight excluding hydrogens is 416 g/mol. The van der Waals surface area contributed by atoms with E-state index in [1.165, 1.54) is 7.11 Å². The van der Waals surface area contributed by atoms with Crippen molar-refractivity contribution in [2.24, 2.45) is 0 Å². The van der Waals surface area contributed by atoms with Crippen LogP contribution in [-0.4, -0.2) is 43.3 Å². The molecule has 164 valence electrons. The van der Waals surface area contributed by atoms with E-state index in [9.17, 15) is 13.2 Å². The third-order valence-electron chi connectivity index (χ3n) is 4.92. The highest BCUT2D eigenvalue weighted by Gasteiger charge is 2.29. The molecule has 0 fully saturated rings. The summed E-state index contributed by atoms with van der Waals surface area (Å²) in [7, 11) is -2.15. The second kappa shape index (κ2) is 9.22. The monoisotopic (exact) mass is 442 g/mol. The zero-order valence-corrected chi connectivity index (χ0v) is 18.8. The molecule has 0 bridgehead atoms. The average Bonchev–Trinajstić information content (AvgIpc) is 3.17. The predicted molar refractivity (Wildman–Crippen MR) is 120 cm³/mol. The first-order chi connectivity index (χ1) is 14.7. The Morgan fingerprint density at radius 2 is 1.81 bits per heavy atom. The number of aryl methyl sites for hydroxylation is 1. The lowest BCUT2D eigenvalue weighted by molar-refractivity contribution is -0.122. The van der Waals surface area contributed by atoms with Gasteiger partial charge in [0.25, 0.3) is 0 Å². The second-order valence-electron chi connectivity index (χ2n) is 7.16. The zero-order valence-electron chi connectivity index (χ0n) is 17.9. The topological polar surface area (TPSA) is 93.5 Å². The van der Waals surface area contributed by atoms with Gasteiger partial charge < -0.3 is 14.6 Å². The molecule has 1 heterocycles. The number of anilines is 1. The highest BCUT2D eigenvalue weighted by atomic mass is 32.2. The summed E-state index contributed by atoms with van der Waals surface area (Å²) in [6, 6.07) is 13.3. The molecule has 0 radical (unpaired) electrons. The van der Waals surface area contributed by atoms with Crippen LogP contribution in [-0.2, 0) is 21.4 Å². The summed E-state index contributed by atoms with van der Waals surface area (Å²) in [5, 5.41) is 2.82. The Kier molecular flexibility index (Phi) is 6.65. The van der Waals surface area contributed by atoms with Crippen LogP contribution in [0.3, 0.4) is 0 Å². The van der Waals surface area contributed by atoms with Gasteiger partial charge in [0, 0.05) is 24.6 Å². The molecule has 0 unspecified atom stereocenters. The number of benzene rings is 2. The number of rotatable bonds is 8. The minimum absolute atomic E-state index is 0.284. The summed E-state index contributed by atoms with van der Waals surface area (Å²) >= 11 is 0. The second-order valence-corrected chi connectivity index (χ2v) is 9.02. The fraction of sp³-hybridized carbons (Fsp3) is 0.273. The minimum atomic E-state index is -3.68. The van der Waals surface area contributed by atoms with E-state index < -0.39 is 22.0 Å². The third kappa shape index (κ3) is 5.24. The number of nitrogens with zero attached hydrogens (tertiary/aromatic N) is 3. The molecular formula is C22H26N4O4S. The zero-order chi connectivity index (χ0) is 22.6. The van der Waals surface area contributed by atoms with Gasteiger partial charge in [-0.1, -0.05) is 12.1 Å². The fourth-order valence-electron chi connectivity index (χ4n) is 3.30. The van der Waals surface area contributed by atoms with E-state index in [1.807, 2.05) is 42.0 Å². The van der Waals surface area contributed by atoms with Crippen LogP contribution in [0.15, 0.2) is 60.9 Å². The molecule has 0 aliphatic carbocycles. The van der Waals surface area contributed by atoms with Crippen molar-refractivity contribution in [3.05, 3.63) is 72.3 Å². The number of amides is 1. The Hall–Kier alpha value is -3.33. The van der Waals surface area contributed by atoms with Gasteiger partial charge in [0.1, 0.15) is 17.6 Å². The summed E-state index contributed by atoms with van der Waals surface area (Å²) in [5.41, 5.74) is 2.27. The first kappa shape index (κ1) is 22.4. The molecule has 1 N–H and O–H groups in total. The number of carbonyl (C=O) groups is 1. The molecule has 0 spiro atoms. The van der Waals surface area contributed by atoms with Gasteiger partial charge >= 0.3 is 0 Å². The lowest BCUT2D eigenvalue weighted by Crippen LogP contribution is -2.47. The number of sulfonamides is 1. The highest BCUT2D eigenvalue weighted by molar-refractivity contribution is 7.92. The standard InChI is InChI=1S/C22H26N4O4S/c1-16(26(31(4,28)29)20-9-11-21(30-3)12-10-20)22(27)24-15-18-5-7-19(8-6-18)25-14-13-23-17(25)2/h5-14,16H,15H2,1-4H3,(H,24,27)/t16-/m1/s1. The molecule has 1 amide bonds. The summed E-state index contributed by atoms with van der Waals surface area (Å²) in [6.07, 6.45) is 4.70. The lowest BCUT2D eigenvalue weighted by Gasteiger charge is -2.28. The van der Waals surface area contributed by atoms with Crippen molar-refractivity contribution in [2.45, 2.75) is 26.4 Å². The number of carbonyl (C=O) groups excluding carboxylic acids is 1. The van der Waals surface area contributed by atoms with Crippen molar-refractivity contribution in [3.63, 3.8) is 0 Å². The van der Waals surface area contributed by atoms with Crippen molar-refractivity contribution < 1.29 is 17.9 Å². The van der Waals surface area contributed by atoms with E-state index in [0.717, 1.165) is 27.6 Å². The lowest BCUT2D eigenvalue weighted by atomic mass is 10.2. The molecule has 0 saturated heterocycles. The summed E-state index contributed by atoms with van der Waals surface area (Å²) in [6.45, 7) is 3.77. The molecule has 3 rings (SSSR count). The normalized spacial score (nSPS) is 12.3. The summed E-state index contributed by atoms with van der Waals surface area (Å²) < 4.78 is 33.0. The maximum absolute atomic E-state index is 12.7. The minimum Gasteiger partial charge on any atom is -0.497 e. The number of nitrogens with one attached hydrogen (secondary N) is 1. The van der Waals surface area contributed by atoms with E-state index in [4.69, 9.17) is 4.74 Å². The maximum Gasteiger partial charge on any atom is 0.243 e. The Balaban J connectivity index is 1.69. The fourth-order valence-corrected chi connectivity index (χ4v) is 4.47. The van der Waals surface area contributed by atoms with E-state index >= 15 is 0 Å². The number of aromatic nitrogens is 2. The molecule has 9 heteroatoms. The Labute approximate surface area is 182 Å². The largest absolute Gasteiger partial charge is 0.497 e. The Bertz CT molecular complexity index is 1140. The molecule has 1 aromatic heterocycles. The summed E-state index contributed by atoms with van der Waals surface area (Å²) in [5.74, 6) is 1.09. The van der Waals surface area contributed by atoms with Crippen molar-refractivity contribution in [3.8, 4) is 11.4 Å². The van der Waals surface area contributed by atoms with Crippen LogP contribution in [0.5, 0.6) is 5.75 Å². The molecule has 31 heavy (non-hydrogen) atoms. The van der Waals surface area contributed by atoms with Gasteiger partial charge in [-0.2, -0.15) is 0 Å². The number of hydrogen-bond donors (Lipinski definition) is 1. The van der Waals surface area contributed by atoms with Crippen molar-refractivity contribution in [2.75, 3.05) is 17.7 Å². The molecule has 0 saturated carbocycles. The van der Waals surface area contributed by atoms with E-state index in [-0.39, 0.29) is 6.54 Å². The molecule has 1 atom stereocenters. The third-order valence-corrected chi connectivity index (χ3v) is 6.16. The first-order valence-electron chi connectivity index (χ1n) is 9.71. The van der Waals surface area contributed by atoms with Gasteiger partial charge in [-0.05, 0) is 55.8 Å². The Morgan fingerprint density at radius 3 is 2.32 bits per heavy atom. The van der Waals surface area contributed by atoms with Crippen LogP contribution in [0.2, 0.25) is 0 Å². The molecule has 0 aliphatic heterocycles. The van der Waals surface area contributed by atoms with Gasteiger partial charge in [-0.15, -0.1) is 0 Å². The van der Waals surface area contributed by atoms with Gasteiger partial charge in [-0.25, -0.2) is 13.4 Å². The van der Waals surface area contributed by atoms with Crippen LogP contribution in [0.25, 0.3) is 5.69 Å². The molecule has 2 aromatic carbocycles. The van der Waals surface area contributed by atoms with Crippen LogP contribution >= 0.6 is 0 Å². The van der Waals surface area contributed by atoms with Crippen LogP contribution in [0.4, 0.5) is 5.69 Å². The SMILES string of the molecule is COc1ccc(N([C@H](C)C(=O)NCc2ccc(-n3ccnc3C)cc2)S(C)(=O)=O)cc1. The number of methoxy groups -OCH3 is 1. The van der Waals surface area contributed by atoms with Gasteiger partial charge in [-0.3, -0.25) is 9.10 Å². The van der Waals surface area contributed by atoms with Crippen LogP contribution < -0.4 is 14.4 Å². The van der Waals surface area contributed by atoms with Crippen molar-refractivity contribution in [1.29, 1.82) is 0 Å². The van der Waals surface area contributed by atoms with Gasteiger partial charge in [0.05, 0.1) is 19.1 Å². The average molecular weight is 443 g/mol. The predicted octanol–water partition coefficient (Wildman–Crippen LogP) is 2.66. The van der Waals surface area contributed by atoms with Gasteiger partial charge in [0.15, 0.2) is 0 Å². The number of ether oxygens (including phenoxy) is 1. The van der Waals surface area contributed by atoms with Crippen LogP contribution in [0.1, 0.15) is 18.3 Å². The first-order valence-corrected chi connectivity index (χ1v) is 11.6. The van der Waals surface area contributed by atoms with E-state index in [1.54, 1.807) is 37.4 Å².